The average Bonchev–Trinajstić information content (AvgIpc) is 2.54. The number of carbonyl (C=O) groups is 1. The maximum absolute atomic E-state index is 12.1. The first-order valence-electron chi connectivity index (χ1n) is 7.50. The number of nitrogens with one attached hydrogen (secondary N) is 1. The molecule has 0 aliphatic rings. The van der Waals surface area contributed by atoms with Crippen LogP contribution in [0.4, 0.5) is 0 Å². The number of hydrogen-bond acceptors (Lipinski definition) is 3. The zero-order valence-corrected chi connectivity index (χ0v) is 16.0. The second kappa shape index (κ2) is 9.06. The van der Waals surface area contributed by atoms with E-state index in [9.17, 15) is 4.79 Å². The van der Waals surface area contributed by atoms with Crippen LogP contribution < -0.4 is 10.1 Å². The van der Waals surface area contributed by atoms with Crippen molar-refractivity contribution in [3.8, 4) is 5.75 Å². The van der Waals surface area contributed by atoms with Crippen molar-refractivity contribution in [1.29, 1.82) is 0 Å². The van der Waals surface area contributed by atoms with E-state index >= 15 is 0 Å². The minimum Gasteiger partial charge on any atom is -0.496 e. The van der Waals surface area contributed by atoms with Crippen LogP contribution in [-0.4, -0.2) is 31.5 Å². The van der Waals surface area contributed by atoms with E-state index in [4.69, 9.17) is 16.3 Å². The van der Waals surface area contributed by atoms with Crippen molar-refractivity contribution < 1.29 is 9.53 Å². The molecule has 0 saturated carbocycles. The Balaban J connectivity index is 1.88. The van der Waals surface area contributed by atoms with Crippen molar-refractivity contribution >= 4 is 33.4 Å². The highest BCUT2D eigenvalue weighted by molar-refractivity contribution is 9.10. The van der Waals surface area contributed by atoms with Gasteiger partial charge in [-0.25, -0.2) is 0 Å². The number of halogens is 2. The zero-order chi connectivity index (χ0) is 17.5. The molecule has 2 aromatic rings. The van der Waals surface area contributed by atoms with E-state index in [1.807, 2.05) is 54.4 Å². The molecule has 0 heterocycles. The highest BCUT2D eigenvalue weighted by Crippen LogP contribution is 2.24. The minimum atomic E-state index is -0.0496. The lowest BCUT2D eigenvalue weighted by molar-refractivity contribution is -0.122. The van der Waals surface area contributed by atoms with Crippen LogP contribution in [0, 0.1) is 0 Å². The van der Waals surface area contributed by atoms with Gasteiger partial charge in [0.1, 0.15) is 5.75 Å². The van der Waals surface area contributed by atoms with Gasteiger partial charge in [0, 0.05) is 28.1 Å². The van der Waals surface area contributed by atoms with Crippen molar-refractivity contribution in [2.75, 3.05) is 20.7 Å². The summed E-state index contributed by atoms with van der Waals surface area (Å²) in [4.78, 5) is 14.1. The SMILES string of the molecule is COc1ccc(Br)cc1CN(C)CC(=O)NCc1ccccc1Cl. The lowest BCUT2D eigenvalue weighted by Gasteiger charge is -2.18. The summed E-state index contributed by atoms with van der Waals surface area (Å²) in [7, 11) is 3.54. The molecule has 0 spiro atoms. The van der Waals surface area contributed by atoms with Gasteiger partial charge in [0.2, 0.25) is 5.91 Å². The predicted octanol–water partition coefficient (Wildman–Crippen LogP) is 3.86. The molecule has 4 nitrogen and oxygen atoms in total. The maximum atomic E-state index is 12.1. The summed E-state index contributed by atoms with van der Waals surface area (Å²) in [5.41, 5.74) is 1.93. The number of nitrogens with zero attached hydrogens (tertiary/aromatic N) is 1. The van der Waals surface area contributed by atoms with E-state index in [1.165, 1.54) is 0 Å². The molecule has 6 heteroatoms. The molecule has 2 aromatic carbocycles. The number of methoxy groups -OCH3 is 1. The van der Waals surface area contributed by atoms with Crippen LogP contribution in [0.25, 0.3) is 0 Å². The van der Waals surface area contributed by atoms with Crippen molar-refractivity contribution in [3.05, 3.63) is 63.1 Å². The van der Waals surface area contributed by atoms with E-state index in [-0.39, 0.29) is 5.91 Å². The van der Waals surface area contributed by atoms with Gasteiger partial charge in [0.25, 0.3) is 0 Å². The fraction of sp³-hybridized carbons (Fsp3) is 0.278. The first-order chi connectivity index (χ1) is 11.5. The van der Waals surface area contributed by atoms with Gasteiger partial charge in [0.05, 0.1) is 13.7 Å². The van der Waals surface area contributed by atoms with E-state index in [0.29, 0.717) is 24.7 Å². The number of hydrogen-bond donors (Lipinski definition) is 1. The summed E-state index contributed by atoms with van der Waals surface area (Å²) in [5, 5.41) is 3.55. The Bertz CT molecular complexity index is 709. The number of ether oxygens (including phenoxy) is 1. The summed E-state index contributed by atoms with van der Waals surface area (Å²) in [6.45, 7) is 1.33. The molecule has 0 fully saturated rings. The summed E-state index contributed by atoms with van der Waals surface area (Å²) < 4.78 is 6.34. The number of carbonyl (C=O) groups excluding carboxylic acids is 1. The Hall–Kier alpha value is -1.56. The smallest absolute Gasteiger partial charge is 0.234 e. The lowest BCUT2D eigenvalue weighted by Crippen LogP contribution is -2.34. The van der Waals surface area contributed by atoms with Gasteiger partial charge in [-0.1, -0.05) is 45.7 Å². The van der Waals surface area contributed by atoms with Gasteiger partial charge in [0.15, 0.2) is 0 Å². The summed E-state index contributed by atoms with van der Waals surface area (Å²) in [5.74, 6) is 0.757. The molecule has 1 amide bonds. The quantitative estimate of drug-likeness (QED) is 0.752. The first kappa shape index (κ1) is 18.8. The Labute approximate surface area is 155 Å². The zero-order valence-electron chi connectivity index (χ0n) is 13.7. The summed E-state index contributed by atoms with van der Waals surface area (Å²) in [6.07, 6.45) is 0. The van der Waals surface area contributed by atoms with Crippen molar-refractivity contribution in [1.82, 2.24) is 10.2 Å². The van der Waals surface area contributed by atoms with Crippen LogP contribution in [0.15, 0.2) is 46.9 Å². The van der Waals surface area contributed by atoms with Gasteiger partial charge in [-0.3, -0.25) is 9.69 Å². The van der Waals surface area contributed by atoms with Crippen LogP contribution >= 0.6 is 27.5 Å². The van der Waals surface area contributed by atoms with Crippen molar-refractivity contribution in [2.45, 2.75) is 13.1 Å². The average molecular weight is 412 g/mol. The molecular formula is C18H20BrClN2O2. The largest absolute Gasteiger partial charge is 0.496 e. The van der Waals surface area contributed by atoms with E-state index < -0.39 is 0 Å². The number of likely N-dealkylation sites (N-methyl/N-ethyl adjacent to an activating group) is 1. The highest BCUT2D eigenvalue weighted by atomic mass is 79.9. The Morgan fingerprint density at radius 3 is 2.71 bits per heavy atom. The van der Waals surface area contributed by atoms with Crippen LogP contribution in [0.3, 0.4) is 0 Å². The van der Waals surface area contributed by atoms with E-state index in [2.05, 4.69) is 21.2 Å². The second-order valence-electron chi connectivity index (χ2n) is 5.50. The number of amides is 1. The normalized spacial score (nSPS) is 10.7. The molecule has 1 N–H and O–H groups in total. The Kier molecular flexibility index (Phi) is 7.09. The standard InChI is InChI=1S/C18H20BrClN2O2/c1-22(11-14-9-15(19)7-8-17(14)24-2)12-18(23)21-10-13-5-3-4-6-16(13)20/h3-9H,10-12H2,1-2H3,(H,21,23). The van der Waals surface area contributed by atoms with Crippen molar-refractivity contribution in [2.24, 2.45) is 0 Å². The monoisotopic (exact) mass is 410 g/mol. The predicted molar refractivity (Wildman–Crippen MR) is 100 cm³/mol. The Morgan fingerprint density at radius 1 is 1.25 bits per heavy atom. The summed E-state index contributed by atoms with van der Waals surface area (Å²) >= 11 is 9.55. The lowest BCUT2D eigenvalue weighted by atomic mass is 10.2. The third kappa shape index (κ3) is 5.51. The molecule has 24 heavy (non-hydrogen) atoms. The van der Waals surface area contributed by atoms with Gasteiger partial charge in [-0.15, -0.1) is 0 Å². The van der Waals surface area contributed by atoms with Gasteiger partial charge in [-0.2, -0.15) is 0 Å². The molecule has 0 bridgehead atoms. The third-order valence-corrected chi connectivity index (χ3v) is 4.39. The van der Waals surface area contributed by atoms with Crippen molar-refractivity contribution in [3.63, 3.8) is 0 Å². The molecule has 0 radical (unpaired) electrons. The number of rotatable bonds is 7. The molecule has 0 aliphatic carbocycles. The summed E-state index contributed by atoms with van der Waals surface area (Å²) in [6, 6.07) is 13.3. The van der Waals surface area contributed by atoms with Gasteiger partial charge >= 0.3 is 0 Å². The van der Waals surface area contributed by atoms with Crippen LogP contribution in [0.5, 0.6) is 5.75 Å². The molecular weight excluding hydrogens is 392 g/mol. The van der Waals surface area contributed by atoms with E-state index in [0.717, 1.165) is 21.3 Å². The highest BCUT2D eigenvalue weighted by Gasteiger charge is 2.11. The fourth-order valence-corrected chi connectivity index (χ4v) is 2.97. The fourth-order valence-electron chi connectivity index (χ4n) is 2.35. The molecule has 0 aromatic heterocycles. The van der Waals surface area contributed by atoms with Crippen LogP contribution in [0.2, 0.25) is 5.02 Å². The van der Waals surface area contributed by atoms with Crippen LogP contribution in [-0.2, 0) is 17.9 Å². The number of benzene rings is 2. The molecule has 0 unspecified atom stereocenters. The minimum absolute atomic E-state index is 0.0496. The molecule has 0 saturated heterocycles. The maximum Gasteiger partial charge on any atom is 0.234 e. The molecule has 0 atom stereocenters. The topological polar surface area (TPSA) is 41.6 Å². The van der Waals surface area contributed by atoms with Gasteiger partial charge in [-0.05, 0) is 36.9 Å². The second-order valence-corrected chi connectivity index (χ2v) is 6.82. The third-order valence-electron chi connectivity index (χ3n) is 3.53. The molecule has 0 aliphatic heterocycles. The van der Waals surface area contributed by atoms with E-state index in [1.54, 1.807) is 7.11 Å². The molecule has 128 valence electrons. The molecule has 2 rings (SSSR count). The first-order valence-corrected chi connectivity index (χ1v) is 8.67. The van der Waals surface area contributed by atoms with Crippen LogP contribution in [0.1, 0.15) is 11.1 Å². The van der Waals surface area contributed by atoms with Gasteiger partial charge < -0.3 is 10.1 Å². The Morgan fingerprint density at radius 2 is 2.00 bits per heavy atom.